The van der Waals surface area contributed by atoms with Crippen LogP contribution in [0.2, 0.25) is 0 Å². The molecule has 1 aliphatic rings. The van der Waals surface area contributed by atoms with Gasteiger partial charge in [-0.15, -0.1) is 11.8 Å². The highest BCUT2D eigenvalue weighted by atomic mass is 32.2. The molecule has 1 amide bonds. The smallest absolute Gasteiger partial charge is 0.230 e. The fourth-order valence-electron chi connectivity index (χ4n) is 2.12. The fraction of sp³-hybridized carbons (Fsp3) is 0.235. The Morgan fingerprint density at radius 2 is 1.91 bits per heavy atom. The number of amides is 1. The third-order valence-corrected chi connectivity index (χ3v) is 4.29. The van der Waals surface area contributed by atoms with Gasteiger partial charge in [0.25, 0.3) is 0 Å². The van der Waals surface area contributed by atoms with Gasteiger partial charge in [0.15, 0.2) is 11.5 Å². The van der Waals surface area contributed by atoms with E-state index in [-0.39, 0.29) is 23.6 Å². The average molecular weight is 333 g/mol. The topological polar surface area (TPSA) is 47.6 Å². The Morgan fingerprint density at radius 3 is 2.70 bits per heavy atom. The lowest BCUT2D eigenvalue weighted by atomic mass is 10.2. The van der Waals surface area contributed by atoms with E-state index >= 15 is 0 Å². The van der Waals surface area contributed by atoms with Crippen molar-refractivity contribution in [1.29, 1.82) is 0 Å². The van der Waals surface area contributed by atoms with Gasteiger partial charge in [-0.25, -0.2) is 4.39 Å². The molecule has 1 atom stereocenters. The predicted molar refractivity (Wildman–Crippen MR) is 86.5 cm³/mol. The van der Waals surface area contributed by atoms with Crippen LogP contribution in [0.4, 0.5) is 4.39 Å². The van der Waals surface area contributed by atoms with E-state index in [1.807, 2.05) is 24.3 Å². The number of thioether (sulfide) groups is 1. The van der Waals surface area contributed by atoms with E-state index in [4.69, 9.17) is 9.47 Å². The van der Waals surface area contributed by atoms with E-state index in [1.54, 1.807) is 12.1 Å². The minimum absolute atomic E-state index is 0.0956. The standard InChI is InChI=1S/C17H16FNO3S/c18-12-5-7-14(8-6-12)23-11-17(20)19-9-13-10-21-15-3-1-2-4-16(15)22-13/h1-8,13H,9-11H2,(H,19,20). The molecule has 2 aromatic carbocycles. The summed E-state index contributed by atoms with van der Waals surface area (Å²) in [5.41, 5.74) is 0. The largest absolute Gasteiger partial charge is 0.486 e. The molecular formula is C17H16FNO3S. The van der Waals surface area contributed by atoms with Gasteiger partial charge in [-0.1, -0.05) is 12.1 Å². The highest BCUT2D eigenvalue weighted by molar-refractivity contribution is 8.00. The Bertz CT molecular complexity index is 678. The minimum atomic E-state index is -0.284. The number of ether oxygens (including phenoxy) is 2. The molecule has 0 bridgehead atoms. The van der Waals surface area contributed by atoms with Gasteiger partial charge in [-0.05, 0) is 36.4 Å². The minimum Gasteiger partial charge on any atom is -0.486 e. The number of rotatable bonds is 5. The first-order valence-electron chi connectivity index (χ1n) is 7.24. The van der Waals surface area contributed by atoms with E-state index in [0.717, 1.165) is 10.6 Å². The fourth-order valence-corrected chi connectivity index (χ4v) is 2.85. The third-order valence-electron chi connectivity index (χ3n) is 3.28. The first-order valence-corrected chi connectivity index (χ1v) is 8.23. The van der Waals surface area contributed by atoms with Crippen molar-refractivity contribution in [2.45, 2.75) is 11.0 Å². The molecule has 6 heteroatoms. The van der Waals surface area contributed by atoms with E-state index in [9.17, 15) is 9.18 Å². The molecule has 120 valence electrons. The van der Waals surface area contributed by atoms with Crippen LogP contribution in [0.1, 0.15) is 0 Å². The van der Waals surface area contributed by atoms with Crippen LogP contribution >= 0.6 is 11.8 Å². The number of halogens is 1. The van der Waals surface area contributed by atoms with Gasteiger partial charge in [0.1, 0.15) is 18.5 Å². The Labute approximate surface area is 138 Å². The molecule has 0 radical (unpaired) electrons. The second-order valence-electron chi connectivity index (χ2n) is 5.04. The van der Waals surface area contributed by atoms with E-state index < -0.39 is 0 Å². The molecule has 0 aliphatic carbocycles. The van der Waals surface area contributed by atoms with Crippen molar-refractivity contribution in [3.05, 3.63) is 54.3 Å². The summed E-state index contributed by atoms with van der Waals surface area (Å²) >= 11 is 1.36. The number of benzene rings is 2. The van der Waals surface area contributed by atoms with Crippen molar-refractivity contribution in [1.82, 2.24) is 5.32 Å². The molecular weight excluding hydrogens is 317 g/mol. The number of nitrogens with one attached hydrogen (secondary N) is 1. The highest BCUT2D eigenvalue weighted by Gasteiger charge is 2.20. The summed E-state index contributed by atoms with van der Waals surface area (Å²) in [6.45, 7) is 0.791. The molecule has 1 N–H and O–H groups in total. The van der Waals surface area contributed by atoms with Crippen LogP contribution in [0.3, 0.4) is 0 Å². The van der Waals surface area contributed by atoms with Gasteiger partial charge in [0.05, 0.1) is 12.3 Å². The number of hydrogen-bond donors (Lipinski definition) is 1. The maximum absolute atomic E-state index is 12.8. The molecule has 0 fully saturated rings. The van der Waals surface area contributed by atoms with Crippen molar-refractivity contribution >= 4 is 17.7 Å². The molecule has 0 spiro atoms. The average Bonchev–Trinajstić information content (AvgIpc) is 2.59. The molecule has 1 unspecified atom stereocenters. The summed E-state index contributed by atoms with van der Waals surface area (Å²) < 4.78 is 24.2. The van der Waals surface area contributed by atoms with Gasteiger partial charge in [0, 0.05) is 4.90 Å². The van der Waals surface area contributed by atoms with Crippen molar-refractivity contribution in [3.8, 4) is 11.5 Å². The number of fused-ring (bicyclic) bond motifs is 1. The Hall–Kier alpha value is -2.21. The zero-order chi connectivity index (χ0) is 16.1. The maximum atomic E-state index is 12.8. The van der Waals surface area contributed by atoms with Crippen molar-refractivity contribution in [2.75, 3.05) is 18.9 Å². The van der Waals surface area contributed by atoms with E-state index in [0.29, 0.717) is 18.9 Å². The zero-order valence-corrected chi connectivity index (χ0v) is 13.1. The maximum Gasteiger partial charge on any atom is 0.230 e. The monoisotopic (exact) mass is 333 g/mol. The zero-order valence-electron chi connectivity index (χ0n) is 12.3. The van der Waals surface area contributed by atoms with Crippen molar-refractivity contribution in [2.24, 2.45) is 0 Å². The second-order valence-corrected chi connectivity index (χ2v) is 6.09. The molecule has 0 saturated carbocycles. The summed E-state index contributed by atoms with van der Waals surface area (Å²) in [7, 11) is 0. The van der Waals surface area contributed by atoms with E-state index in [2.05, 4.69) is 5.32 Å². The van der Waals surface area contributed by atoms with Crippen LogP contribution in [0.5, 0.6) is 11.5 Å². The molecule has 0 saturated heterocycles. The Balaban J connectivity index is 1.42. The van der Waals surface area contributed by atoms with E-state index in [1.165, 1.54) is 23.9 Å². The van der Waals surface area contributed by atoms with Gasteiger partial charge in [-0.2, -0.15) is 0 Å². The van der Waals surface area contributed by atoms with Crippen LogP contribution < -0.4 is 14.8 Å². The molecule has 2 aromatic rings. The van der Waals surface area contributed by atoms with Gasteiger partial charge < -0.3 is 14.8 Å². The lowest BCUT2D eigenvalue weighted by Crippen LogP contribution is -2.41. The summed E-state index contributed by atoms with van der Waals surface area (Å²) in [6, 6.07) is 13.5. The number of carbonyl (C=O) groups is 1. The number of hydrogen-bond acceptors (Lipinski definition) is 4. The molecule has 23 heavy (non-hydrogen) atoms. The normalized spacial score (nSPS) is 16.0. The Kier molecular flexibility index (Phi) is 5.02. The van der Waals surface area contributed by atoms with Gasteiger partial charge in [-0.3, -0.25) is 4.79 Å². The summed E-state index contributed by atoms with van der Waals surface area (Å²) in [4.78, 5) is 12.7. The lowest BCUT2D eigenvalue weighted by Gasteiger charge is -2.26. The number of para-hydroxylation sites is 2. The number of carbonyl (C=O) groups excluding carboxylic acids is 1. The van der Waals surface area contributed by atoms with Crippen molar-refractivity contribution < 1.29 is 18.7 Å². The van der Waals surface area contributed by atoms with Gasteiger partial charge >= 0.3 is 0 Å². The highest BCUT2D eigenvalue weighted by Crippen LogP contribution is 2.30. The first kappa shape index (κ1) is 15.7. The van der Waals surface area contributed by atoms with Crippen LogP contribution in [0, 0.1) is 5.82 Å². The van der Waals surface area contributed by atoms with Crippen LogP contribution in [-0.4, -0.2) is 30.9 Å². The van der Waals surface area contributed by atoms with Crippen LogP contribution in [0.25, 0.3) is 0 Å². The molecule has 4 nitrogen and oxygen atoms in total. The van der Waals surface area contributed by atoms with Crippen LogP contribution in [0.15, 0.2) is 53.4 Å². The third kappa shape index (κ3) is 4.39. The van der Waals surface area contributed by atoms with Gasteiger partial charge in [0.2, 0.25) is 5.91 Å². The second kappa shape index (κ2) is 7.37. The Morgan fingerprint density at radius 1 is 1.17 bits per heavy atom. The molecule has 1 heterocycles. The quantitative estimate of drug-likeness (QED) is 0.855. The molecule has 1 aliphatic heterocycles. The first-order chi connectivity index (χ1) is 11.2. The van der Waals surface area contributed by atoms with Crippen LogP contribution in [-0.2, 0) is 4.79 Å². The molecule has 3 rings (SSSR count). The molecule has 0 aromatic heterocycles. The predicted octanol–water partition coefficient (Wildman–Crippen LogP) is 2.87. The van der Waals surface area contributed by atoms with Crippen molar-refractivity contribution in [3.63, 3.8) is 0 Å². The summed E-state index contributed by atoms with van der Waals surface area (Å²) in [5, 5.41) is 2.83. The summed E-state index contributed by atoms with van der Waals surface area (Å²) in [6.07, 6.45) is -0.204. The lowest BCUT2D eigenvalue weighted by molar-refractivity contribution is -0.119. The summed E-state index contributed by atoms with van der Waals surface area (Å²) in [5.74, 6) is 1.31. The SMILES string of the molecule is O=C(CSc1ccc(F)cc1)NCC1COc2ccccc2O1.